The van der Waals surface area contributed by atoms with Gasteiger partial charge in [0.1, 0.15) is 5.78 Å². The Bertz CT molecular complexity index is 406. The van der Waals surface area contributed by atoms with Gasteiger partial charge in [-0.1, -0.05) is 0 Å². The summed E-state index contributed by atoms with van der Waals surface area (Å²) in [5.74, 6) is -2.62. The number of ketones is 1. The molecule has 5 heteroatoms. The third-order valence-electron chi connectivity index (χ3n) is 3.14. The lowest BCUT2D eigenvalue weighted by Crippen LogP contribution is -2.29. The Morgan fingerprint density at radius 2 is 2.12 bits per heavy atom. The van der Waals surface area contributed by atoms with Crippen molar-refractivity contribution in [3.63, 3.8) is 0 Å². The number of thiophene rings is 1. The van der Waals surface area contributed by atoms with Gasteiger partial charge in [0.05, 0.1) is 0 Å². The zero-order valence-electron chi connectivity index (χ0n) is 9.22. The van der Waals surface area contributed by atoms with Gasteiger partial charge in [-0.25, -0.2) is 8.78 Å². The van der Waals surface area contributed by atoms with Crippen LogP contribution in [-0.2, 0) is 11.2 Å². The number of rotatable bonds is 3. The molecule has 1 heterocycles. The number of carbonyl (C=O) groups excluding carboxylic acids is 1. The van der Waals surface area contributed by atoms with Crippen LogP contribution < -0.4 is 0 Å². The standard InChI is InChI=1S/C12H13BrF2OS/c13-9-5-10(17-7-9)6-11(16)8-1-3-12(14,15)4-2-8/h5,7-8H,1-4,6H2. The predicted octanol–water partition coefficient (Wildman–Crippen LogP) is 4.45. The van der Waals surface area contributed by atoms with Crippen molar-refractivity contribution < 1.29 is 13.6 Å². The Hall–Kier alpha value is -0.290. The molecular weight excluding hydrogens is 310 g/mol. The Labute approximate surface area is 111 Å². The zero-order valence-corrected chi connectivity index (χ0v) is 11.6. The van der Waals surface area contributed by atoms with Crippen LogP contribution in [0.15, 0.2) is 15.9 Å². The molecule has 0 saturated heterocycles. The molecule has 17 heavy (non-hydrogen) atoms. The van der Waals surface area contributed by atoms with E-state index in [1.54, 1.807) is 0 Å². The number of alkyl halides is 2. The molecule has 1 aliphatic rings. The van der Waals surface area contributed by atoms with E-state index in [1.807, 2.05) is 11.4 Å². The average Bonchev–Trinajstić information content (AvgIpc) is 2.63. The molecule has 1 aromatic rings. The van der Waals surface area contributed by atoms with E-state index in [4.69, 9.17) is 0 Å². The van der Waals surface area contributed by atoms with Gasteiger partial charge in [0.15, 0.2) is 0 Å². The fraction of sp³-hybridized carbons (Fsp3) is 0.583. The van der Waals surface area contributed by atoms with Crippen LogP contribution in [0.5, 0.6) is 0 Å². The number of carbonyl (C=O) groups is 1. The van der Waals surface area contributed by atoms with Crippen LogP contribution in [0.2, 0.25) is 0 Å². The highest BCUT2D eigenvalue weighted by atomic mass is 79.9. The van der Waals surface area contributed by atoms with Crippen molar-refractivity contribution in [3.8, 4) is 0 Å². The summed E-state index contributed by atoms with van der Waals surface area (Å²) in [7, 11) is 0. The molecule has 0 radical (unpaired) electrons. The maximum atomic E-state index is 13.0. The number of halogens is 3. The molecule has 94 valence electrons. The van der Waals surface area contributed by atoms with Gasteiger partial charge < -0.3 is 0 Å². The minimum atomic E-state index is -2.55. The van der Waals surface area contributed by atoms with Crippen LogP contribution in [0.4, 0.5) is 8.78 Å². The van der Waals surface area contributed by atoms with Gasteiger partial charge in [-0.2, -0.15) is 0 Å². The van der Waals surface area contributed by atoms with Gasteiger partial charge in [0.25, 0.3) is 0 Å². The van der Waals surface area contributed by atoms with Crippen molar-refractivity contribution in [1.29, 1.82) is 0 Å². The minimum Gasteiger partial charge on any atom is -0.299 e. The van der Waals surface area contributed by atoms with Gasteiger partial charge in [0, 0.05) is 39.9 Å². The Kier molecular flexibility index (Phi) is 3.98. The molecule has 0 bridgehead atoms. The topological polar surface area (TPSA) is 17.1 Å². The normalized spacial score (nSPS) is 20.4. The van der Waals surface area contributed by atoms with E-state index in [2.05, 4.69) is 15.9 Å². The van der Waals surface area contributed by atoms with Crippen LogP contribution in [0.1, 0.15) is 30.6 Å². The molecule has 0 atom stereocenters. The van der Waals surface area contributed by atoms with Gasteiger partial charge >= 0.3 is 0 Å². The molecule has 0 spiro atoms. The van der Waals surface area contributed by atoms with E-state index >= 15 is 0 Å². The number of hydrogen-bond acceptors (Lipinski definition) is 2. The van der Waals surface area contributed by atoms with Crippen LogP contribution in [0.3, 0.4) is 0 Å². The Morgan fingerprint density at radius 1 is 1.47 bits per heavy atom. The summed E-state index contributed by atoms with van der Waals surface area (Å²) in [4.78, 5) is 12.9. The summed E-state index contributed by atoms with van der Waals surface area (Å²) in [6, 6.07) is 1.92. The summed E-state index contributed by atoms with van der Waals surface area (Å²) in [6.45, 7) is 0. The first-order valence-electron chi connectivity index (χ1n) is 5.60. The highest BCUT2D eigenvalue weighted by Crippen LogP contribution is 2.37. The molecule has 1 saturated carbocycles. The van der Waals surface area contributed by atoms with Crippen molar-refractivity contribution in [1.82, 2.24) is 0 Å². The summed E-state index contributed by atoms with van der Waals surface area (Å²) >= 11 is 4.86. The van der Waals surface area contributed by atoms with Crippen molar-refractivity contribution in [2.24, 2.45) is 5.92 Å². The molecule has 0 aliphatic heterocycles. The summed E-state index contributed by atoms with van der Waals surface area (Å²) < 4.78 is 26.9. The molecule has 2 rings (SSSR count). The van der Waals surface area contributed by atoms with Crippen molar-refractivity contribution in [3.05, 3.63) is 20.8 Å². The lowest BCUT2D eigenvalue weighted by molar-refractivity contribution is -0.126. The fourth-order valence-corrected chi connectivity index (χ4v) is 3.59. The van der Waals surface area contributed by atoms with E-state index < -0.39 is 5.92 Å². The van der Waals surface area contributed by atoms with Gasteiger partial charge in [-0.3, -0.25) is 4.79 Å². The van der Waals surface area contributed by atoms with Crippen molar-refractivity contribution >= 4 is 33.0 Å². The first-order valence-corrected chi connectivity index (χ1v) is 7.27. The van der Waals surface area contributed by atoms with Crippen molar-refractivity contribution in [2.45, 2.75) is 38.0 Å². The molecule has 1 nitrogen and oxygen atoms in total. The number of hydrogen-bond donors (Lipinski definition) is 0. The van der Waals surface area contributed by atoms with E-state index in [1.165, 1.54) is 11.3 Å². The second-order valence-electron chi connectivity index (χ2n) is 4.50. The second kappa shape index (κ2) is 5.14. The van der Waals surface area contributed by atoms with E-state index in [0.717, 1.165) is 9.35 Å². The SMILES string of the molecule is O=C(Cc1cc(Br)cs1)C1CCC(F)(F)CC1. The van der Waals surface area contributed by atoms with Crippen LogP contribution >= 0.6 is 27.3 Å². The molecule has 0 unspecified atom stereocenters. The van der Waals surface area contributed by atoms with Crippen LogP contribution in [0, 0.1) is 5.92 Å². The predicted molar refractivity (Wildman–Crippen MR) is 67.6 cm³/mol. The Morgan fingerprint density at radius 3 is 2.65 bits per heavy atom. The molecule has 0 amide bonds. The maximum absolute atomic E-state index is 13.0. The summed E-state index contributed by atoms with van der Waals surface area (Å²) in [5, 5.41) is 1.93. The lowest BCUT2D eigenvalue weighted by atomic mass is 9.83. The number of Topliss-reactive ketones (excluding diaryl/α,β-unsaturated/α-hetero) is 1. The largest absolute Gasteiger partial charge is 0.299 e. The van der Waals surface area contributed by atoms with Gasteiger partial charge in [-0.05, 0) is 34.8 Å². The first-order chi connectivity index (χ1) is 7.96. The molecule has 1 aliphatic carbocycles. The van der Waals surface area contributed by atoms with Crippen LogP contribution in [-0.4, -0.2) is 11.7 Å². The minimum absolute atomic E-state index is 0.106. The molecule has 1 aromatic heterocycles. The maximum Gasteiger partial charge on any atom is 0.248 e. The molecule has 0 aromatic carbocycles. The lowest BCUT2D eigenvalue weighted by Gasteiger charge is -2.27. The van der Waals surface area contributed by atoms with Gasteiger partial charge in [0.2, 0.25) is 5.92 Å². The highest BCUT2D eigenvalue weighted by molar-refractivity contribution is 9.10. The average molecular weight is 323 g/mol. The van der Waals surface area contributed by atoms with E-state index in [9.17, 15) is 13.6 Å². The smallest absolute Gasteiger partial charge is 0.248 e. The fourth-order valence-electron chi connectivity index (χ4n) is 2.12. The van der Waals surface area contributed by atoms with Gasteiger partial charge in [-0.15, -0.1) is 11.3 Å². The molecule has 1 fully saturated rings. The third-order valence-corrected chi connectivity index (χ3v) is 4.84. The highest BCUT2D eigenvalue weighted by Gasteiger charge is 2.37. The summed E-state index contributed by atoms with van der Waals surface area (Å²) in [5.41, 5.74) is 0. The third kappa shape index (κ3) is 3.58. The molecule has 0 N–H and O–H groups in total. The monoisotopic (exact) mass is 322 g/mol. The Balaban J connectivity index is 1.89. The first kappa shape index (κ1) is 13.1. The second-order valence-corrected chi connectivity index (χ2v) is 6.42. The van der Waals surface area contributed by atoms with E-state index in [0.29, 0.717) is 19.3 Å². The van der Waals surface area contributed by atoms with Crippen LogP contribution in [0.25, 0.3) is 0 Å². The quantitative estimate of drug-likeness (QED) is 0.803. The molecular formula is C12H13BrF2OS. The zero-order chi connectivity index (χ0) is 12.5. The summed E-state index contributed by atoms with van der Waals surface area (Å²) in [6.07, 6.45) is 0.762. The van der Waals surface area contributed by atoms with E-state index in [-0.39, 0.29) is 24.5 Å². The van der Waals surface area contributed by atoms with Crippen molar-refractivity contribution in [2.75, 3.05) is 0 Å².